The summed E-state index contributed by atoms with van der Waals surface area (Å²) in [4.78, 5) is 58.5. The van der Waals surface area contributed by atoms with E-state index in [1.165, 1.54) is 7.11 Å². The van der Waals surface area contributed by atoms with Gasteiger partial charge in [-0.25, -0.2) is 13.2 Å². The number of esters is 1. The van der Waals surface area contributed by atoms with Crippen molar-refractivity contribution in [2.75, 3.05) is 58.7 Å². The predicted octanol–water partition coefficient (Wildman–Crippen LogP) is 4.77. The fourth-order valence-corrected chi connectivity index (χ4v) is 11.9. The molecule has 2 saturated heterocycles. The van der Waals surface area contributed by atoms with Gasteiger partial charge < -0.3 is 58.9 Å². The topological polar surface area (TPSA) is 262 Å². The van der Waals surface area contributed by atoms with Crippen molar-refractivity contribution < 1.29 is 81.5 Å². The van der Waals surface area contributed by atoms with Crippen LogP contribution < -0.4 is 0 Å². The molecule has 4 rings (SSSR count). The molecular weight excluding hydrogens is 991 g/mol. The summed E-state index contributed by atoms with van der Waals surface area (Å²) in [6.45, 7) is 11.9. The molecule has 75 heavy (non-hydrogen) atoms. The summed E-state index contributed by atoms with van der Waals surface area (Å²) >= 11 is 0. The summed E-state index contributed by atoms with van der Waals surface area (Å²) in [5.74, 6) is -8.84. The van der Waals surface area contributed by atoms with Crippen LogP contribution in [0.4, 0.5) is 0 Å². The van der Waals surface area contributed by atoms with Crippen LogP contribution in [0.1, 0.15) is 126 Å². The number of hydrogen-bond donors (Lipinski definition) is 5. The average molecular weight is 1080 g/mol. The monoisotopic (exact) mass is 1080 g/mol. The number of amides is 1. The Morgan fingerprint density at radius 2 is 1.55 bits per heavy atom. The minimum atomic E-state index is -3.62. The van der Waals surface area contributed by atoms with E-state index in [9.17, 15) is 53.1 Å². The Bertz CT molecular complexity index is 2080. The number of Topliss-reactive ketones (excluding diaryl/α,β-unsaturated/α-hetero) is 2. The minimum Gasteiger partial charge on any atom is -0.460 e. The smallest absolute Gasteiger partial charge is 0.329 e. The molecule has 3 fully saturated rings. The van der Waals surface area contributed by atoms with E-state index < -0.39 is 106 Å². The standard InChI is InChI=1S/C56H91NO17S/c1-35-15-11-10-12-16-36(2)47(72-26-28-75(67,68)27-24-59)33-43-20-18-41(7)56(66,74-43)53(63)54(64)57-22-14-13-17-44(57)55(65)73-48(38(4)31-42-19-21-46(71-25-23-58)49(32-42)69-8)34-45(60)37(3)30-40(6)51(62)52(70-9)50(61)39(5)29-35/h10-12,15-16,30,35,37-39,41-49,51-52,58-60,62,66H,13-14,17-29,31-34H2,1-9H3/b12-10+,15-11+,36-16+,40-30+/t35-,37-,38-,39-,41-,42+,43+,44+,45?,46-,47?,48+,49-,51-,52+,56-/m1/s1. The van der Waals surface area contributed by atoms with Crippen LogP contribution in [0.3, 0.4) is 0 Å². The number of aliphatic hydroxyl groups excluding tert-OH is 4. The van der Waals surface area contributed by atoms with Gasteiger partial charge in [0, 0.05) is 51.4 Å². The third-order valence-corrected chi connectivity index (χ3v) is 17.5. The molecule has 18 nitrogen and oxygen atoms in total. The van der Waals surface area contributed by atoms with Gasteiger partial charge in [0.05, 0.1) is 68.5 Å². The second-order valence-electron chi connectivity index (χ2n) is 21.9. The number of allylic oxidation sites excluding steroid dienone is 5. The maximum absolute atomic E-state index is 14.6. The highest BCUT2D eigenvalue weighted by Crippen LogP contribution is 2.38. The maximum atomic E-state index is 14.6. The molecule has 0 aromatic rings. The summed E-state index contributed by atoms with van der Waals surface area (Å²) < 4.78 is 61.0. The number of sulfone groups is 1. The van der Waals surface area contributed by atoms with E-state index in [0.29, 0.717) is 62.5 Å². The highest BCUT2D eigenvalue weighted by atomic mass is 32.2. The molecule has 5 N–H and O–H groups in total. The molecule has 4 aliphatic rings. The van der Waals surface area contributed by atoms with Crippen LogP contribution in [-0.2, 0) is 57.4 Å². The van der Waals surface area contributed by atoms with E-state index in [-0.39, 0.29) is 87.1 Å². The van der Waals surface area contributed by atoms with E-state index >= 15 is 0 Å². The van der Waals surface area contributed by atoms with Crippen LogP contribution in [-0.4, -0.2) is 182 Å². The molecule has 2 bridgehead atoms. The van der Waals surface area contributed by atoms with Crippen LogP contribution in [0, 0.1) is 35.5 Å². The molecule has 0 radical (unpaired) electrons. The number of ether oxygens (including phenoxy) is 6. The van der Waals surface area contributed by atoms with E-state index in [0.717, 1.165) is 11.3 Å². The Balaban J connectivity index is 1.72. The number of hydrogen-bond acceptors (Lipinski definition) is 17. The second kappa shape index (κ2) is 30.8. The zero-order chi connectivity index (χ0) is 55.6. The van der Waals surface area contributed by atoms with Crippen molar-refractivity contribution >= 4 is 33.3 Å². The molecule has 428 valence electrons. The summed E-state index contributed by atoms with van der Waals surface area (Å²) in [6.07, 6.45) is 9.50. The lowest BCUT2D eigenvalue weighted by atomic mass is 9.78. The van der Waals surface area contributed by atoms with Crippen molar-refractivity contribution in [2.45, 2.75) is 186 Å². The first-order valence-electron chi connectivity index (χ1n) is 27.3. The van der Waals surface area contributed by atoms with Crippen molar-refractivity contribution in [2.24, 2.45) is 35.5 Å². The van der Waals surface area contributed by atoms with Crippen LogP contribution >= 0.6 is 0 Å². The Morgan fingerprint density at radius 1 is 0.813 bits per heavy atom. The molecule has 3 heterocycles. The molecule has 2 unspecified atom stereocenters. The van der Waals surface area contributed by atoms with Crippen molar-refractivity contribution in [3.05, 3.63) is 47.6 Å². The van der Waals surface area contributed by atoms with Crippen molar-refractivity contribution in [3.63, 3.8) is 0 Å². The molecule has 19 heteroatoms. The summed E-state index contributed by atoms with van der Waals surface area (Å²) in [5.41, 5.74) is 1.09. The van der Waals surface area contributed by atoms with Crippen molar-refractivity contribution in [1.82, 2.24) is 4.90 Å². The van der Waals surface area contributed by atoms with Crippen LogP contribution in [0.15, 0.2) is 47.6 Å². The third kappa shape index (κ3) is 18.7. The molecule has 0 spiro atoms. The second-order valence-corrected chi connectivity index (χ2v) is 24.2. The maximum Gasteiger partial charge on any atom is 0.329 e. The lowest BCUT2D eigenvalue weighted by Crippen LogP contribution is -2.61. The Morgan fingerprint density at radius 3 is 2.23 bits per heavy atom. The van der Waals surface area contributed by atoms with Gasteiger partial charge >= 0.3 is 5.97 Å². The first-order chi connectivity index (χ1) is 35.5. The SMILES string of the molecule is CO[C@@H]1C[C@H](C[C@@H](C)[C@@H]2CC(O)[C@H](C)/C=C(\C)[C@@H](O)[C@@H](OC)C(=O)[C@H](C)C[C@H](C)/C=C/C=C/C=C(\C)C(OCCS(=O)(=O)CCO)C[C@@H]3CC[C@@H](C)[C@@](O)(O3)C(=O)C(=O)N3CCCC[C@H]3C(=O)O2)CC[C@H]1OCCO. The molecule has 3 aliphatic heterocycles. The van der Waals surface area contributed by atoms with Gasteiger partial charge in [0.1, 0.15) is 24.4 Å². The Kier molecular flexibility index (Phi) is 26.4. The van der Waals surface area contributed by atoms with Gasteiger partial charge in [0.2, 0.25) is 5.79 Å². The quantitative estimate of drug-likeness (QED) is 0.0892. The number of nitrogens with zero attached hydrogens (tertiary/aromatic N) is 1. The molecule has 0 aromatic carbocycles. The predicted molar refractivity (Wildman–Crippen MR) is 282 cm³/mol. The zero-order valence-electron chi connectivity index (χ0n) is 46.0. The van der Waals surface area contributed by atoms with E-state index in [2.05, 4.69) is 0 Å². The summed E-state index contributed by atoms with van der Waals surface area (Å²) in [7, 11) is -0.630. The van der Waals surface area contributed by atoms with E-state index in [4.69, 9.17) is 28.4 Å². The van der Waals surface area contributed by atoms with Gasteiger partial charge in [-0.1, -0.05) is 71.1 Å². The number of carbonyl (C=O) groups excluding carboxylic acids is 4. The number of cyclic esters (lactones) is 1. The molecule has 1 amide bonds. The van der Waals surface area contributed by atoms with Gasteiger partial charge in [-0.2, -0.15) is 0 Å². The third-order valence-electron chi connectivity index (χ3n) is 15.9. The summed E-state index contributed by atoms with van der Waals surface area (Å²) in [6, 6.07) is -1.19. The van der Waals surface area contributed by atoms with E-state index in [1.54, 1.807) is 66.0 Å². The molecular formula is C56H91NO17S. The lowest BCUT2D eigenvalue weighted by Gasteiger charge is -2.43. The highest BCUT2D eigenvalue weighted by molar-refractivity contribution is 7.91. The molecule has 16 atom stereocenters. The first-order valence-corrected chi connectivity index (χ1v) is 29.1. The number of aliphatic hydroxyl groups is 5. The Hall–Kier alpha value is -3.21. The summed E-state index contributed by atoms with van der Waals surface area (Å²) in [5, 5.41) is 54.3. The minimum absolute atomic E-state index is 0.0230. The number of ketones is 2. The van der Waals surface area contributed by atoms with Crippen LogP contribution in [0.2, 0.25) is 0 Å². The van der Waals surface area contributed by atoms with Gasteiger partial charge in [-0.05, 0) is 107 Å². The molecule has 1 saturated carbocycles. The van der Waals surface area contributed by atoms with Gasteiger partial charge in [-0.15, -0.1) is 0 Å². The normalized spacial score (nSPS) is 37.8. The van der Waals surface area contributed by atoms with Gasteiger partial charge in [0.15, 0.2) is 15.6 Å². The van der Waals surface area contributed by atoms with Crippen LogP contribution in [0.25, 0.3) is 0 Å². The number of piperidine rings is 1. The van der Waals surface area contributed by atoms with E-state index in [1.807, 2.05) is 26.0 Å². The molecule has 1 aliphatic carbocycles. The Labute approximate surface area is 446 Å². The number of carbonyl (C=O) groups is 4. The fourth-order valence-electron chi connectivity index (χ4n) is 11.1. The zero-order valence-corrected chi connectivity index (χ0v) is 46.9. The average Bonchev–Trinajstić information content (AvgIpc) is 3.37. The van der Waals surface area contributed by atoms with Gasteiger partial charge in [0.25, 0.3) is 11.7 Å². The number of methoxy groups -OCH3 is 2. The number of rotatable bonds is 14. The lowest BCUT2D eigenvalue weighted by molar-refractivity contribution is -0.266. The number of fused-ring (bicyclic) bond motifs is 3. The first kappa shape index (κ1) is 64.3. The molecule has 0 aromatic heterocycles. The van der Waals surface area contributed by atoms with Crippen molar-refractivity contribution in [3.8, 4) is 0 Å². The van der Waals surface area contributed by atoms with Gasteiger partial charge in [-0.3, -0.25) is 14.4 Å². The van der Waals surface area contributed by atoms with Crippen LogP contribution in [0.5, 0.6) is 0 Å². The van der Waals surface area contributed by atoms with Crippen molar-refractivity contribution in [1.29, 1.82) is 0 Å². The highest BCUT2D eigenvalue weighted by Gasteiger charge is 2.53. The fraction of sp³-hybridized carbons (Fsp3) is 0.786. The largest absolute Gasteiger partial charge is 0.460 e.